The summed E-state index contributed by atoms with van der Waals surface area (Å²) < 4.78 is 4.93. The molecule has 5 nitrogen and oxygen atoms in total. The lowest BCUT2D eigenvalue weighted by Crippen LogP contribution is -2.49. The van der Waals surface area contributed by atoms with Crippen LogP contribution in [0.1, 0.15) is 33.3 Å². The number of hydrogen-bond donors (Lipinski definition) is 1. The number of carbonyl (C=O) groups excluding carboxylic acids is 2. The third-order valence-electron chi connectivity index (χ3n) is 2.61. The number of ether oxygens (including phenoxy) is 1. The lowest BCUT2D eigenvalue weighted by molar-refractivity contribution is -0.143. The molecule has 0 saturated carbocycles. The normalized spacial score (nSPS) is 10.9. The van der Waals surface area contributed by atoms with Gasteiger partial charge in [-0.25, -0.2) is 4.79 Å². The van der Waals surface area contributed by atoms with Crippen LogP contribution >= 0.6 is 0 Å². The van der Waals surface area contributed by atoms with Gasteiger partial charge in [0.2, 0.25) is 0 Å². The zero-order valence-corrected chi connectivity index (χ0v) is 13.2. The number of esters is 1. The monoisotopic (exact) mass is 292 g/mol. The molecule has 1 rings (SSSR count). The molecule has 0 radical (unpaired) electrons. The van der Waals surface area contributed by atoms with Crippen molar-refractivity contribution in [1.29, 1.82) is 0 Å². The van der Waals surface area contributed by atoms with E-state index in [1.165, 1.54) is 4.90 Å². The van der Waals surface area contributed by atoms with Crippen molar-refractivity contribution in [3.63, 3.8) is 0 Å². The molecule has 0 atom stereocenters. The quantitative estimate of drug-likeness (QED) is 0.849. The summed E-state index contributed by atoms with van der Waals surface area (Å²) >= 11 is 0. The fourth-order valence-electron chi connectivity index (χ4n) is 1.77. The van der Waals surface area contributed by atoms with Gasteiger partial charge in [-0.1, -0.05) is 30.3 Å². The molecule has 0 aliphatic carbocycles. The second-order valence-corrected chi connectivity index (χ2v) is 5.83. The van der Waals surface area contributed by atoms with Gasteiger partial charge in [0.25, 0.3) is 0 Å². The van der Waals surface area contributed by atoms with Crippen molar-refractivity contribution in [3.05, 3.63) is 35.9 Å². The Balaban J connectivity index is 2.78. The van der Waals surface area contributed by atoms with Crippen LogP contribution in [-0.4, -0.2) is 35.6 Å². The van der Waals surface area contributed by atoms with Crippen LogP contribution in [0, 0.1) is 0 Å². The van der Waals surface area contributed by atoms with E-state index in [0.29, 0.717) is 13.2 Å². The van der Waals surface area contributed by atoms with Crippen molar-refractivity contribution in [1.82, 2.24) is 10.2 Å². The first-order chi connectivity index (χ1) is 9.81. The molecule has 1 aromatic carbocycles. The van der Waals surface area contributed by atoms with E-state index in [1.54, 1.807) is 6.92 Å². The lowest BCUT2D eigenvalue weighted by atomic mass is 10.1. The fraction of sp³-hybridized carbons (Fsp3) is 0.500. The van der Waals surface area contributed by atoms with Gasteiger partial charge in [0.15, 0.2) is 0 Å². The molecule has 0 aliphatic rings. The Hall–Kier alpha value is -2.04. The Morgan fingerprint density at radius 2 is 1.81 bits per heavy atom. The highest BCUT2D eigenvalue weighted by molar-refractivity contribution is 5.81. The van der Waals surface area contributed by atoms with E-state index >= 15 is 0 Å². The minimum atomic E-state index is -0.405. The summed E-state index contributed by atoms with van der Waals surface area (Å²) in [6.07, 6.45) is 0. The predicted octanol–water partition coefficient (Wildman–Crippen LogP) is 2.56. The number of nitrogens with one attached hydrogen (secondary N) is 1. The third kappa shape index (κ3) is 6.79. The number of carbonyl (C=O) groups is 2. The van der Waals surface area contributed by atoms with Gasteiger partial charge in [0, 0.05) is 12.1 Å². The summed E-state index contributed by atoms with van der Waals surface area (Å²) in [7, 11) is 0. The summed E-state index contributed by atoms with van der Waals surface area (Å²) in [6, 6.07) is 9.28. The summed E-state index contributed by atoms with van der Waals surface area (Å²) in [6.45, 7) is 8.04. The van der Waals surface area contributed by atoms with Crippen molar-refractivity contribution in [2.45, 2.75) is 39.8 Å². The Labute approximate surface area is 126 Å². The van der Waals surface area contributed by atoms with Crippen molar-refractivity contribution >= 4 is 12.0 Å². The third-order valence-corrected chi connectivity index (χ3v) is 2.61. The zero-order valence-electron chi connectivity index (χ0n) is 13.2. The first kappa shape index (κ1) is 17.0. The van der Waals surface area contributed by atoms with Crippen LogP contribution in [0.3, 0.4) is 0 Å². The average Bonchev–Trinajstić information content (AvgIpc) is 2.37. The molecule has 0 aromatic heterocycles. The van der Waals surface area contributed by atoms with Crippen LogP contribution in [0.25, 0.3) is 0 Å². The highest BCUT2D eigenvalue weighted by atomic mass is 16.5. The molecule has 1 aromatic rings. The van der Waals surface area contributed by atoms with Crippen LogP contribution in [-0.2, 0) is 16.1 Å². The van der Waals surface area contributed by atoms with Gasteiger partial charge >= 0.3 is 12.0 Å². The molecule has 0 saturated heterocycles. The number of rotatable bonds is 5. The van der Waals surface area contributed by atoms with E-state index in [0.717, 1.165) is 5.56 Å². The molecule has 5 heteroatoms. The molecule has 2 amide bonds. The molecular formula is C16H24N2O3. The molecule has 0 spiro atoms. The van der Waals surface area contributed by atoms with E-state index in [4.69, 9.17) is 4.74 Å². The summed E-state index contributed by atoms with van der Waals surface area (Å²) in [5.74, 6) is -0.405. The number of hydrogen-bond acceptors (Lipinski definition) is 3. The molecule has 21 heavy (non-hydrogen) atoms. The van der Waals surface area contributed by atoms with Crippen LogP contribution in [0.15, 0.2) is 30.3 Å². The van der Waals surface area contributed by atoms with Crippen LogP contribution < -0.4 is 5.32 Å². The number of amides is 2. The maximum atomic E-state index is 12.3. The van der Waals surface area contributed by atoms with E-state index < -0.39 is 5.97 Å². The second kappa shape index (κ2) is 7.67. The van der Waals surface area contributed by atoms with Gasteiger partial charge in [-0.15, -0.1) is 0 Å². The van der Waals surface area contributed by atoms with Gasteiger partial charge in [0.1, 0.15) is 6.54 Å². The minimum absolute atomic E-state index is 0.0648. The lowest BCUT2D eigenvalue weighted by Gasteiger charge is -2.28. The Morgan fingerprint density at radius 3 is 2.33 bits per heavy atom. The maximum Gasteiger partial charge on any atom is 0.325 e. The Morgan fingerprint density at radius 1 is 1.19 bits per heavy atom. The Bertz CT molecular complexity index is 466. The van der Waals surface area contributed by atoms with Crippen molar-refractivity contribution in [2.24, 2.45) is 0 Å². The fourth-order valence-corrected chi connectivity index (χ4v) is 1.77. The second-order valence-electron chi connectivity index (χ2n) is 5.83. The molecule has 0 heterocycles. The largest absolute Gasteiger partial charge is 0.465 e. The highest BCUT2D eigenvalue weighted by Gasteiger charge is 2.22. The molecule has 0 aliphatic heterocycles. The molecule has 0 bridgehead atoms. The predicted molar refractivity (Wildman–Crippen MR) is 81.8 cm³/mol. The highest BCUT2D eigenvalue weighted by Crippen LogP contribution is 2.07. The standard InChI is InChI=1S/C16H24N2O3/c1-5-21-14(19)12-18(15(20)17-16(2,3)4)11-13-9-7-6-8-10-13/h6-10H,5,11-12H2,1-4H3,(H,17,20). The summed E-state index contributed by atoms with van der Waals surface area (Å²) in [5.41, 5.74) is 0.603. The van der Waals surface area contributed by atoms with E-state index in [-0.39, 0.29) is 18.1 Å². The summed E-state index contributed by atoms with van der Waals surface area (Å²) in [4.78, 5) is 25.4. The van der Waals surface area contributed by atoms with E-state index in [9.17, 15) is 9.59 Å². The van der Waals surface area contributed by atoms with Gasteiger partial charge < -0.3 is 15.0 Å². The molecule has 0 fully saturated rings. The van der Waals surface area contributed by atoms with Crippen LogP contribution in [0.2, 0.25) is 0 Å². The van der Waals surface area contributed by atoms with Gasteiger partial charge in [-0.2, -0.15) is 0 Å². The minimum Gasteiger partial charge on any atom is -0.465 e. The molecule has 0 unspecified atom stereocenters. The van der Waals surface area contributed by atoms with Crippen LogP contribution in [0.5, 0.6) is 0 Å². The average molecular weight is 292 g/mol. The number of nitrogens with zero attached hydrogens (tertiary/aromatic N) is 1. The summed E-state index contributed by atoms with van der Waals surface area (Å²) in [5, 5.41) is 2.87. The van der Waals surface area contributed by atoms with Crippen molar-refractivity contribution < 1.29 is 14.3 Å². The molecular weight excluding hydrogens is 268 g/mol. The van der Waals surface area contributed by atoms with Gasteiger partial charge in [0.05, 0.1) is 6.61 Å². The molecule has 116 valence electrons. The first-order valence-electron chi connectivity index (χ1n) is 7.08. The van der Waals surface area contributed by atoms with E-state index in [1.807, 2.05) is 51.1 Å². The molecule has 1 N–H and O–H groups in total. The van der Waals surface area contributed by atoms with Gasteiger partial charge in [-0.05, 0) is 33.3 Å². The number of benzene rings is 1. The SMILES string of the molecule is CCOC(=O)CN(Cc1ccccc1)C(=O)NC(C)(C)C. The van der Waals surface area contributed by atoms with Crippen molar-refractivity contribution in [2.75, 3.05) is 13.2 Å². The van der Waals surface area contributed by atoms with Crippen LogP contribution in [0.4, 0.5) is 4.79 Å². The van der Waals surface area contributed by atoms with Crippen molar-refractivity contribution in [3.8, 4) is 0 Å². The van der Waals surface area contributed by atoms with E-state index in [2.05, 4.69) is 5.32 Å². The smallest absolute Gasteiger partial charge is 0.325 e. The zero-order chi connectivity index (χ0) is 15.9. The van der Waals surface area contributed by atoms with Gasteiger partial charge in [-0.3, -0.25) is 4.79 Å². The number of urea groups is 1. The Kier molecular flexibility index (Phi) is 6.21. The first-order valence-corrected chi connectivity index (χ1v) is 7.08. The topological polar surface area (TPSA) is 58.6 Å². The maximum absolute atomic E-state index is 12.3.